The van der Waals surface area contributed by atoms with Crippen molar-refractivity contribution in [3.8, 4) is 0 Å². The van der Waals surface area contributed by atoms with E-state index in [0.717, 1.165) is 11.1 Å². The van der Waals surface area contributed by atoms with Crippen LogP contribution in [-0.4, -0.2) is 17.0 Å². The van der Waals surface area contributed by atoms with E-state index in [9.17, 15) is 14.7 Å². The van der Waals surface area contributed by atoms with Gasteiger partial charge in [-0.3, -0.25) is 9.59 Å². The molecule has 0 saturated heterocycles. The van der Waals surface area contributed by atoms with Gasteiger partial charge in [0, 0.05) is 5.69 Å². The number of benzene rings is 1. The fourth-order valence-electron chi connectivity index (χ4n) is 2.58. The van der Waals surface area contributed by atoms with E-state index in [-0.39, 0.29) is 5.91 Å². The molecule has 2 atom stereocenters. The standard InChI is InChI=1S/C16H19NO3/c1-10-8-13(14(16(19)20)9-11(10)2)15(18)17-12-6-4-3-5-7-12/h3-7,13-14H,8-9H2,1-2H3,(H,17,18)(H,19,20). The first-order valence-electron chi connectivity index (χ1n) is 6.73. The molecule has 0 heterocycles. The smallest absolute Gasteiger partial charge is 0.307 e. The van der Waals surface area contributed by atoms with Crippen LogP contribution in [0, 0.1) is 11.8 Å². The summed E-state index contributed by atoms with van der Waals surface area (Å²) in [6.45, 7) is 3.91. The maximum Gasteiger partial charge on any atom is 0.307 e. The van der Waals surface area contributed by atoms with Crippen LogP contribution in [0.4, 0.5) is 5.69 Å². The topological polar surface area (TPSA) is 66.4 Å². The number of carbonyl (C=O) groups excluding carboxylic acids is 1. The summed E-state index contributed by atoms with van der Waals surface area (Å²) < 4.78 is 0. The van der Waals surface area contributed by atoms with Gasteiger partial charge in [0.2, 0.25) is 5.91 Å². The van der Waals surface area contributed by atoms with Gasteiger partial charge in [0.15, 0.2) is 0 Å². The minimum atomic E-state index is -0.898. The van der Waals surface area contributed by atoms with E-state index in [1.807, 2.05) is 32.0 Å². The molecule has 0 aliphatic heterocycles. The third-order valence-corrected chi connectivity index (χ3v) is 3.96. The number of para-hydroxylation sites is 1. The molecule has 20 heavy (non-hydrogen) atoms. The molecule has 1 amide bonds. The zero-order valence-corrected chi connectivity index (χ0v) is 11.7. The number of rotatable bonds is 3. The first-order chi connectivity index (χ1) is 9.49. The van der Waals surface area contributed by atoms with Crippen molar-refractivity contribution in [1.82, 2.24) is 0 Å². The van der Waals surface area contributed by atoms with Gasteiger partial charge in [-0.15, -0.1) is 0 Å². The minimum absolute atomic E-state index is 0.213. The molecule has 4 nitrogen and oxygen atoms in total. The van der Waals surface area contributed by atoms with Gasteiger partial charge in [-0.1, -0.05) is 29.3 Å². The van der Waals surface area contributed by atoms with Crippen LogP contribution in [0.2, 0.25) is 0 Å². The summed E-state index contributed by atoms with van der Waals surface area (Å²) >= 11 is 0. The number of anilines is 1. The monoisotopic (exact) mass is 273 g/mol. The van der Waals surface area contributed by atoms with Crippen molar-refractivity contribution in [3.05, 3.63) is 41.5 Å². The molecule has 1 aliphatic carbocycles. The lowest BCUT2D eigenvalue weighted by atomic mass is 9.76. The van der Waals surface area contributed by atoms with E-state index in [1.165, 1.54) is 0 Å². The molecule has 0 saturated carbocycles. The maximum absolute atomic E-state index is 12.3. The van der Waals surface area contributed by atoms with Gasteiger partial charge in [0.05, 0.1) is 11.8 Å². The Morgan fingerprint density at radius 3 is 2.15 bits per heavy atom. The van der Waals surface area contributed by atoms with Crippen LogP contribution in [-0.2, 0) is 9.59 Å². The third kappa shape index (κ3) is 3.07. The highest BCUT2D eigenvalue weighted by Gasteiger charge is 2.37. The summed E-state index contributed by atoms with van der Waals surface area (Å²) in [4.78, 5) is 23.7. The van der Waals surface area contributed by atoms with Crippen LogP contribution < -0.4 is 5.32 Å². The highest BCUT2D eigenvalue weighted by Crippen LogP contribution is 2.35. The fourth-order valence-corrected chi connectivity index (χ4v) is 2.58. The number of hydrogen-bond acceptors (Lipinski definition) is 2. The maximum atomic E-state index is 12.3. The average molecular weight is 273 g/mol. The van der Waals surface area contributed by atoms with Crippen LogP contribution in [0.1, 0.15) is 26.7 Å². The van der Waals surface area contributed by atoms with Crippen molar-refractivity contribution >= 4 is 17.6 Å². The molecule has 0 bridgehead atoms. The summed E-state index contributed by atoms with van der Waals surface area (Å²) in [6, 6.07) is 9.13. The molecular formula is C16H19NO3. The zero-order chi connectivity index (χ0) is 14.7. The summed E-state index contributed by atoms with van der Waals surface area (Å²) in [5.41, 5.74) is 2.91. The predicted octanol–water partition coefficient (Wildman–Crippen LogP) is 3.07. The quantitative estimate of drug-likeness (QED) is 0.832. The normalized spacial score (nSPS) is 22.5. The van der Waals surface area contributed by atoms with Gasteiger partial charge in [-0.05, 0) is 38.8 Å². The molecule has 0 spiro atoms. The Hall–Kier alpha value is -2.10. The number of carboxylic acid groups (broad SMARTS) is 1. The van der Waals surface area contributed by atoms with Crippen molar-refractivity contribution in [3.63, 3.8) is 0 Å². The first-order valence-corrected chi connectivity index (χ1v) is 6.73. The number of allylic oxidation sites excluding steroid dienone is 2. The van der Waals surface area contributed by atoms with Crippen molar-refractivity contribution in [2.75, 3.05) is 5.32 Å². The van der Waals surface area contributed by atoms with E-state index in [1.54, 1.807) is 12.1 Å². The highest BCUT2D eigenvalue weighted by atomic mass is 16.4. The molecule has 0 aromatic heterocycles. The second-order valence-corrected chi connectivity index (χ2v) is 5.38. The molecule has 2 rings (SSSR count). The summed E-state index contributed by atoms with van der Waals surface area (Å²) in [5.74, 6) is -2.25. The molecule has 4 heteroatoms. The van der Waals surface area contributed by atoms with E-state index in [4.69, 9.17) is 0 Å². The summed E-state index contributed by atoms with van der Waals surface area (Å²) in [5, 5.41) is 12.1. The Labute approximate surface area is 118 Å². The fraction of sp³-hybridized carbons (Fsp3) is 0.375. The lowest BCUT2D eigenvalue weighted by Crippen LogP contribution is -2.36. The predicted molar refractivity (Wildman–Crippen MR) is 77.3 cm³/mol. The van der Waals surface area contributed by atoms with E-state index in [0.29, 0.717) is 18.5 Å². The molecule has 0 fully saturated rings. The summed E-state index contributed by atoms with van der Waals surface area (Å²) in [7, 11) is 0. The molecule has 0 radical (unpaired) electrons. The molecule has 106 valence electrons. The number of hydrogen-bond donors (Lipinski definition) is 2. The molecule has 2 N–H and O–H groups in total. The Kier molecular flexibility index (Phi) is 4.23. The van der Waals surface area contributed by atoms with Crippen molar-refractivity contribution in [1.29, 1.82) is 0 Å². The molecule has 1 aliphatic rings. The number of nitrogens with one attached hydrogen (secondary N) is 1. The van der Waals surface area contributed by atoms with E-state index < -0.39 is 17.8 Å². The highest BCUT2D eigenvalue weighted by molar-refractivity contribution is 5.95. The van der Waals surface area contributed by atoms with Crippen LogP contribution >= 0.6 is 0 Å². The second kappa shape index (κ2) is 5.90. The average Bonchev–Trinajstić information content (AvgIpc) is 2.42. The Bertz CT molecular complexity index is 548. The van der Waals surface area contributed by atoms with Crippen molar-refractivity contribution in [2.24, 2.45) is 11.8 Å². The second-order valence-electron chi connectivity index (χ2n) is 5.38. The SMILES string of the molecule is CC1=C(C)CC(C(=O)Nc2ccccc2)C(C(=O)O)C1. The number of carboxylic acids is 1. The largest absolute Gasteiger partial charge is 0.481 e. The zero-order valence-electron chi connectivity index (χ0n) is 11.7. The molecule has 1 aromatic carbocycles. The first kappa shape index (κ1) is 14.3. The van der Waals surface area contributed by atoms with Crippen LogP contribution in [0.3, 0.4) is 0 Å². The van der Waals surface area contributed by atoms with E-state index >= 15 is 0 Å². The van der Waals surface area contributed by atoms with Gasteiger partial charge in [0.1, 0.15) is 0 Å². The molecule has 2 unspecified atom stereocenters. The van der Waals surface area contributed by atoms with Gasteiger partial charge < -0.3 is 10.4 Å². The van der Waals surface area contributed by atoms with E-state index in [2.05, 4.69) is 5.32 Å². The lowest BCUT2D eigenvalue weighted by molar-refractivity contribution is -0.146. The van der Waals surface area contributed by atoms with Crippen LogP contribution in [0.5, 0.6) is 0 Å². The Morgan fingerprint density at radius 2 is 1.60 bits per heavy atom. The Balaban J connectivity index is 2.17. The Morgan fingerprint density at radius 1 is 1.05 bits per heavy atom. The minimum Gasteiger partial charge on any atom is -0.481 e. The van der Waals surface area contributed by atoms with Crippen molar-refractivity contribution in [2.45, 2.75) is 26.7 Å². The molecule has 1 aromatic rings. The van der Waals surface area contributed by atoms with Crippen LogP contribution in [0.15, 0.2) is 41.5 Å². The number of amides is 1. The van der Waals surface area contributed by atoms with Gasteiger partial charge >= 0.3 is 5.97 Å². The van der Waals surface area contributed by atoms with Gasteiger partial charge in [0.25, 0.3) is 0 Å². The van der Waals surface area contributed by atoms with Gasteiger partial charge in [-0.25, -0.2) is 0 Å². The number of aliphatic carboxylic acids is 1. The summed E-state index contributed by atoms with van der Waals surface area (Å²) in [6.07, 6.45) is 0.968. The lowest BCUT2D eigenvalue weighted by Gasteiger charge is -2.29. The number of carbonyl (C=O) groups is 2. The van der Waals surface area contributed by atoms with Crippen LogP contribution in [0.25, 0.3) is 0 Å². The molecular weight excluding hydrogens is 254 g/mol. The van der Waals surface area contributed by atoms with Gasteiger partial charge in [-0.2, -0.15) is 0 Å². The van der Waals surface area contributed by atoms with Crippen molar-refractivity contribution < 1.29 is 14.7 Å². The third-order valence-electron chi connectivity index (χ3n) is 3.96.